The van der Waals surface area contributed by atoms with Crippen LogP contribution in [0.15, 0.2) is 18.2 Å². The summed E-state index contributed by atoms with van der Waals surface area (Å²) in [7, 11) is 0. The summed E-state index contributed by atoms with van der Waals surface area (Å²) in [5.41, 5.74) is 0.634. The number of nitrogens with zero attached hydrogens (tertiary/aromatic N) is 1. The largest absolute Gasteiger partial charge is 0.489 e. The molecule has 1 saturated heterocycles. The minimum absolute atomic E-state index is 0.211. The van der Waals surface area contributed by atoms with Crippen LogP contribution in [0, 0.1) is 0 Å². The number of hydrogen-bond donors (Lipinski definition) is 2. The van der Waals surface area contributed by atoms with Crippen LogP contribution in [0.5, 0.6) is 5.75 Å². The van der Waals surface area contributed by atoms with Gasteiger partial charge in [-0.05, 0) is 50.3 Å². The summed E-state index contributed by atoms with van der Waals surface area (Å²) >= 11 is 6.24. The van der Waals surface area contributed by atoms with E-state index in [1.807, 2.05) is 0 Å². The predicted octanol–water partition coefficient (Wildman–Crippen LogP) is 3.26. The summed E-state index contributed by atoms with van der Waals surface area (Å²) in [6.45, 7) is 0.950. The summed E-state index contributed by atoms with van der Waals surface area (Å²) in [5.74, 6) is 0.670. The number of ether oxygens (including phenoxy) is 1. The van der Waals surface area contributed by atoms with E-state index in [4.69, 9.17) is 16.3 Å². The van der Waals surface area contributed by atoms with Gasteiger partial charge in [0.25, 0.3) is 0 Å². The highest BCUT2D eigenvalue weighted by Gasteiger charge is 2.24. The van der Waals surface area contributed by atoms with E-state index in [-0.39, 0.29) is 12.1 Å². The number of urea groups is 1. The van der Waals surface area contributed by atoms with E-state index in [2.05, 4.69) is 5.32 Å². The second-order valence-corrected chi connectivity index (χ2v) is 6.40. The van der Waals surface area contributed by atoms with E-state index in [9.17, 15) is 9.90 Å². The fraction of sp³-hybridized carbons (Fsp3) is 0.562. The van der Waals surface area contributed by atoms with E-state index < -0.39 is 6.10 Å². The van der Waals surface area contributed by atoms with Crippen LogP contribution in [-0.2, 0) is 0 Å². The number of amides is 2. The van der Waals surface area contributed by atoms with Crippen molar-refractivity contribution in [1.82, 2.24) is 4.90 Å². The fourth-order valence-corrected chi connectivity index (χ4v) is 3.21. The van der Waals surface area contributed by atoms with Gasteiger partial charge < -0.3 is 20.1 Å². The van der Waals surface area contributed by atoms with Gasteiger partial charge in [0.15, 0.2) is 0 Å². The van der Waals surface area contributed by atoms with Crippen LogP contribution in [0.25, 0.3) is 0 Å². The zero-order chi connectivity index (χ0) is 15.5. The summed E-state index contributed by atoms with van der Waals surface area (Å²) in [6.07, 6.45) is 5.03. The molecule has 1 atom stereocenters. The Labute approximate surface area is 135 Å². The Hall–Kier alpha value is -1.46. The number of aliphatic hydroxyl groups excluding tert-OH is 1. The molecule has 1 aliphatic heterocycles. The number of rotatable bonds is 3. The molecule has 5 nitrogen and oxygen atoms in total. The molecule has 2 aliphatic rings. The van der Waals surface area contributed by atoms with E-state index in [0.29, 0.717) is 36.0 Å². The first-order valence-corrected chi connectivity index (χ1v) is 8.20. The molecule has 3 rings (SSSR count). The first-order valence-electron chi connectivity index (χ1n) is 7.82. The number of carbonyl (C=O) groups is 1. The molecule has 0 spiro atoms. The van der Waals surface area contributed by atoms with Crippen molar-refractivity contribution in [2.24, 2.45) is 0 Å². The summed E-state index contributed by atoms with van der Waals surface area (Å²) in [5, 5.41) is 12.8. The minimum Gasteiger partial charge on any atom is -0.489 e. The van der Waals surface area contributed by atoms with Crippen molar-refractivity contribution in [2.45, 2.75) is 44.3 Å². The van der Waals surface area contributed by atoms with Gasteiger partial charge in [-0.2, -0.15) is 0 Å². The number of halogens is 1. The lowest BCUT2D eigenvalue weighted by Crippen LogP contribution is -2.33. The summed E-state index contributed by atoms with van der Waals surface area (Å²) < 4.78 is 5.89. The molecular formula is C16H21ClN2O3. The Morgan fingerprint density at radius 1 is 1.32 bits per heavy atom. The molecule has 1 heterocycles. The molecule has 2 N–H and O–H groups in total. The lowest BCUT2D eigenvalue weighted by atomic mass is 10.2. The van der Waals surface area contributed by atoms with Crippen molar-refractivity contribution in [2.75, 3.05) is 18.4 Å². The monoisotopic (exact) mass is 324 g/mol. The Kier molecular flexibility index (Phi) is 4.74. The van der Waals surface area contributed by atoms with Crippen LogP contribution >= 0.6 is 11.6 Å². The normalized spacial score (nSPS) is 22.1. The maximum absolute atomic E-state index is 12.1. The smallest absolute Gasteiger partial charge is 0.321 e. The second kappa shape index (κ2) is 6.75. The molecule has 1 aromatic rings. The first-order chi connectivity index (χ1) is 10.6. The van der Waals surface area contributed by atoms with Crippen LogP contribution in [0.1, 0.15) is 32.1 Å². The van der Waals surface area contributed by atoms with Crippen LogP contribution in [0.3, 0.4) is 0 Å². The molecule has 6 heteroatoms. The molecule has 2 fully saturated rings. The molecular weight excluding hydrogens is 304 g/mol. The number of anilines is 1. The Bertz CT molecular complexity index is 546. The number of carbonyl (C=O) groups excluding carboxylic acids is 1. The van der Waals surface area contributed by atoms with Gasteiger partial charge in [-0.1, -0.05) is 11.6 Å². The molecule has 120 valence electrons. The van der Waals surface area contributed by atoms with Crippen molar-refractivity contribution in [3.8, 4) is 5.75 Å². The van der Waals surface area contributed by atoms with E-state index in [1.54, 1.807) is 23.1 Å². The number of hydrogen-bond acceptors (Lipinski definition) is 3. The number of β-amino-alcohol motifs (C(OH)–C–C–N with tert-alkyl or cyclic N) is 1. The molecule has 1 saturated carbocycles. The van der Waals surface area contributed by atoms with E-state index >= 15 is 0 Å². The summed E-state index contributed by atoms with van der Waals surface area (Å²) in [6, 6.07) is 5.09. The average molecular weight is 325 g/mol. The second-order valence-electron chi connectivity index (χ2n) is 5.99. The molecule has 0 aromatic heterocycles. The SMILES string of the molecule is O=C(Nc1ccc(OC2CCCC2)c(Cl)c1)N1CC[C@H](O)C1. The van der Waals surface area contributed by atoms with Crippen LogP contribution in [0.2, 0.25) is 5.02 Å². The van der Waals surface area contributed by atoms with Crippen LogP contribution in [-0.4, -0.2) is 41.3 Å². The molecule has 0 unspecified atom stereocenters. The Morgan fingerprint density at radius 3 is 2.73 bits per heavy atom. The van der Waals surface area contributed by atoms with Crippen molar-refractivity contribution in [1.29, 1.82) is 0 Å². The van der Waals surface area contributed by atoms with Gasteiger partial charge in [0.2, 0.25) is 0 Å². The first kappa shape index (κ1) is 15.4. The third kappa shape index (κ3) is 3.65. The molecule has 22 heavy (non-hydrogen) atoms. The molecule has 1 aromatic carbocycles. The number of likely N-dealkylation sites (tertiary alicyclic amines) is 1. The lowest BCUT2D eigenvalue weighted by molar-refractivity contribution is 0.176. The number of benzene rings is 1. The maximum atomic E-state index is 12.1. The Balaban J connectivity index is 1.60. The zero-order valence-electron chi connectivity index (χ0n) is 12.4. The predicted molar refractivity (Wildman–Crippen MR) is 85.6 cm³/mol. The highest BCUT2D eigenvalue weighted by molar-refractivity contribution is 6.32. The van der Waals surface area contributed by atoms with Crippen molar-refractivity contribution < 1.29 is 14.6 Å². The molecule has 0 bridgehead atoms. The van der Waals surface area contributed by atoms with Gasteiger partial charge in [-0.3, -0.25) is 0 Å². The molecule has 2 amide bonds. The summed E-state index contributed by atoms with van der Waals surface area (Å²) in [4.78, 5) is 13.7. The van der Waals surface area contributed by atoms with Crippen molar-refractivity contribution >= 4 is 23.3 Å². The standard InChI is InChI=1S/C16H21ClN2O3/c17-14-9-11(18-16(21)19-8-7-12(20)10-19)5-6-15(14)22-13-3-1-2-4-13/h5-6,9,12-13,20H,1-4,7-8,10H2,(H,18,21)/t12-/m0/s1. The van der Waals surface area contributed by atoms with E-state index in [1.165, 1.54) is 12.8 Å². The fourth-order valence-electron chi connectivity index (χ4n) is 2.99. The van der Waals surface area contributed by atoms with Gasteiger partial charge in [-0.25, -0.2) is 4.79 Å². The number of aliphatic hydroxyl groups is 1. The number of nitrogens with one attached hydrogen (secondary N) is 1. The average Bonchev–Trinajstić information content (AvgIpc) is 3.13. The molecule has 0 radical (unpaired) electrons. The van der Waals surface area contributed by atoms with Crippen molar-refractivity contribution in [3.05, 3.63) is 23.2 Å². The van der Waals surface area contributed by atoms with Gasteiger partial charge in [-0.15, -0.1) is 0 Å². The maximum Gasteiger partial charge on any atom is 0.321 e. The van der Waals surface area contributed by atoms with Crippen LogP contribution in [0.4, 0.5) is 10.5 Å². The Morgan fingerprint density at radius 2 is 2.09 bits per heavy atom. The minimum atomic E-state index is -0.420. The van der Waals surface area contributed by atoms with Crippen LogP contribution < -0.4 is 10.1 Å². The zero-order valence-corrected chi connectivity index (χ0v) is 13.2. The van der Waals surface area contributed by atoms with E-state index in [0.717, 1.165) is 12.8 Å². The van der Waals surface area contributed by atoms with Gasteiger partial charge in [0.1, 0.15) is 5.75 Å². The molecule has 1 aliphatic carbocycles. The topological polar surface area (TPSA) is 61.8 Å². The van der Waals surface area contributed by atoms with Gasteiger partial charge in [0, 0.05) is 18.8 Å². The van der Waals surface area contributed by atoms with Gasteiger partial charge >= 0.3 is 6.03 Å². The third-order valence-corrected chi connectivity index (χ3v) is 4.52. The highest BCUT2D eigenvalue weighted by atomic mass is 35.5. The van der Waals surface area contributed by atoms with Crippen molar-refractivity contribution in [3.63, 3.8) is 0 Å². The lowest BCUT2D eigenvalue weighted by Gasteiger charge is -2.18. The van der Waals surface area contributed by atoms with Gasteiger partial charge in [0.05, 0.1) is 17.2 Å². The highest BCUT2D eigenvalue weighted by Crippen LogP contribution is 2.31. The quantitative estimate of drug-likeness (QED) is 0.897. The third-order valence-electron chi connectivity index (χ3n) is 4.23.